The van der Waals surface area contributed by atoms with E-state index >= 15 is 0 Å². The molecule has 0 N–H and O–H groups in total. The molecule has 0 unspecified atom stereocenters. The third-order valence-corrected chi connectivity index (χ3v) is 5.35. The van der Waals surface area contributed by atoms with E-state index in [0.717, 1.165) is 43.3 Å². The van der Waals surface area contributed by atoms with Crippen molar-refractivity contribution in [3.8, 4) is 0 Å². The molecule has 5 heteroatoms. The number of nitrogens with zero attached hydrogens (tertiary/aromatic N) is 3. The molecular weight excluding hydrogens is 258 g/mol. The number of thiazole rings is 1. The lowest BCUT2D eigenvalue weighted by molar-refractivity contribution is 0.0647. The van der Waals surface area contributed by atoms with Crippen molar-refractivity contribution in [1.29, 1.82) is 0 Å². The first-order valence-corrected chi connectivity index (χ1v) is 7.99. The van der Waals surface area contributed by atoms with Gasteiger partial charge in [-0.2, -0.15) is 0 Å². The molecule has 1 aliphatic carbocycles. The highest BCUT2D eigenvalue weighted by Gasteiger charge is 2.30. The number of carbonyl (C=O) groups is 1. The molecule has 19 heavy (non-hydrogen) atoms. The summed E-state index contributed by atoms with van der Waals surface area (Å²) in [6, 6.07) is 0. The summed E-state index contributed by atoms with van der Waals surface area (Å²) >= 11 is 1.62. The van der Waals surface area contributed by atoms with Gasteiger partial charge in [-0.25, -0.2) is 4.98 Å². The van der Waals surface area contributed by atoms with Gasteiger partial charge in [-0.3, -0.25) is 4.79 Å². The Morgan fingerprint density at radius 1 is 1.32 bits per heavy atom. The number of hydrogen-bond acceptors (Lipinski definition) is 4. The lowest BCUT2D eigenvalue weighted by Gasteiger charge is -2.33. The van der Waals surface area contributed by atoms with Gasteiger partial charge in [-0.05, 0) is 26.3 Å². The van der Waals surface area contributed by atoms with Gasteiger partial charge in [0.25, 0.3) is 5.91 Å². The van der Waals surface area contributed by atoms with Crippen LogP contribution < -0.4 is 0 Å². The van der Waals surface area contributed by atoms with Crippen molar-refractivity contribution in [3.05, 3.63) is 15.6 Å². The monoisotopic (exact) mass is 279 g/mol. The van der Waals surface area contributed by atoms with Crippen LogP contribution in [0.3, 0.4) is 0 Å². The van der Waals surface area contributed by atoms with Crippen LogP contribution in [-0.4, -0.2) is 53.4 Å². The summed E-state index contributed by atoms with van der Waals surface area (Å²) in [5.74, 6) is 0.833. The van der Waals surface area contributed by atoms with E-state index in [-0.39, 0.29) is 5.91 Å². The molecule has 1 saturated carbocycles. The highest BCUT2D eigenvalue weighted by Crippen LogP contribution is 2.42. The summed E-state index contributed by atoms with van der Waals surface area (Å²) in [6.07, 6.45) is 2.49. The Balaban J connectivity index is 1.69. The summed E-state index contributed by atoms with van der Waals surface area (Å²) in [7, 11) is 0. The zero-order chi connectivity index (χ0) is 13.4. The Morgan fingerprint density at radius 3 is 2.58 bits per heavy atom. The summed E-state index contributed by atoms with van der Waals surface area (Å²) < 4.78 is 0. The van der Waals surface area contributed by atoms with Crippen LogP contribution in [0.2, 0.25) is 0 Å². The SMILES string of the molecule is CCN1CCN(C(=O)c2sc(C3CC3)nc2C)CC1. The van der Waals surface area contributed by atoms with Gasteiger partial charge in [0.1, 0.15) is 4.88 Å². The maximum atomic E-state index is 12.5. The van der Waals surface area contributed by atoms with Crippen LogP contribution in [0.15, 0.2) is 0 Å². The Morgan fingerprint density at radius 2 is 2.00 bits per heavy atom. The Bertz CT molecular complexity index is 473. The standard InChI is InChI=1S/C14H21N3OS/c1-3-16-6-8-17(9-7-16)14(18)12-10(2)15-13(19-12)11-4-5-11/h11H,3-9H2,1-2H3. The number of carbonyl (C=O) groups excluding carboxylic acids is 1. The molecule has 2 aliphatic rings. The predicted molar refractivity (Wildman–Crippen MR) is 76.8 cm³/mol. The minimum Gasteiger partial charge on any atom is -0.335 e. The quantitative estimate of drug-likeness (QED) is 0.850. The molecule has 3 rings (SSSR count). The molecule has 1 aliphatic heterocycles. The number of hydrogen-bond donors (Lipinski definition) is 0. The maximum Gasteiger partial charge on any atom is 0.265 e. The number of likely N-dealkylation sites (N-methyl/N-ethyl adjacent to an activating group) is 1. The molecule has 1 amide bonds. The van der Waals surface area contributed by atoms with E-state index in [9.17, 15) is 4.79 Å². The van der Waals surface area contributed by atoms with E-state index in [1.54, 1.807) is 11.3 Å². The van der Waals surface area contributed by atoms with Gasteiger partial charge < -0.3 is 9.80 Å². The number of piperazine rings is 1. The molecule has 104 valence electrons. The maximum absolute atomic E-state index is 12.5. The average molecular weight is 279 g/mol. The molecule has 0 aromatic carbocycles. The topological polar surface area (TPSA) is 36.4 Å². The summed E-state index contributed by atoms with van der Waals surface area (Å²) in [5, 5.41) is 1.17. The van der Waals surface area contributed by atoms with Gasteiger partial charge >= 0.3 is 0 Å². The predicted octanol–water partition coefficient (Wildman–Crippen LogP) is 2.11. The molecule has 0 spiro atoms. The number of aromatic nitrogens is 1. The van der Waals surface area contributed by atoms with Crippen LogP contribution in [0.1, 0.15) is 46.1 Å². The van der Waals surface area contributed by atoms with Crippen molar-refractivity contribution in [2.45, 2.75) is 32.6 Å². The molecule has 1 aromatic rings. The number of rotatable bonds is 3. The smallest absolute Gasteiger partial charge is 0.265 e. The van der Waals surface area contributed by atoms with Crippen LogP contribution in [0, 0.1) is 6.92 Å². The van der Waals surface area contributed by atoms with Crippen molar-refractivity contribution in [1.82, 2.24) is 14.8 Å². The van der Waals surface area contributed by atoms with Crippen LogP contribution in [0.4, 0.5) is 0 Å². The first-order valence-electron chi connectivity index (χ1n) is 7.18. The zero-order valence-corrected chi connectivity index (χ0v) is 12.5. The summed E-state index contributed by atoms with van der Waals surface area (Å²) in [6.45, 7) is 8.91. The Hall–Kier alpha value is -0.940. The Kier molecular flexibility index (Phi) is 3.58. The highest BCUT2D eigenvalue weighted by atomic mass is 32.1. The van der Waals surface area contributed by atoms with Crippen LogP contribution in [0.25, 0.3) is 0 Å². The van der Waals surface area contributed by atoms with E-state index in [1.807, 2.05) is 11.8 Å². The third-order valence-electron chi connectivity index (χ3n) is 4.04. The second kappa shape index (κ2) is 5.21. The zero-order valence-electron chi connectivity index (χ0n) is 11.7. The molecule has 0 radical (unpaired) electrons. The van der Waals surface area contributed by atoms with Crippen molar-refractivity contribution in [2.75, 3.05) is 32.7 Å². The van der Waals surface area contributed by atoms with Crippen molar-refractivity contribution in [2.24, 2.45) is 0 Å². The first kappa shape index (κ1) is 13.1. The normalized spacial score (nSPS) is 20.8. The summed E-state index contributed by atoms with van der Waals surface area (Å²) in [4.78, 5) is 22.4. The first-order chi connectivity index (χ1) is 9.19. The van der Waals surface area contributed by atoms with Gasteiger partial charge in [0.05, 0.1) is 10.7 Å². The van der Waals surface area contributed by atoms with E-state index in [2.05, 4.69) is 16.8 Å². The highest BCUT2D eigenvalue weighted by molar-refractivity contribution is 7.13. The van der Waals surface area contributed by atoms with E-state index in [0.29, 0.717) is 5.92 Å². The van der Waals surface area contributed by atoms with Gasteiger partial charge in [-0.15, -0.1) is 11.3 Å². The Labute approximate surface area is 118 Å². The summed E-state index contributed by atoms with van der Waals surface area (Å²) in [5.41, 5.74) is 0.926. The minimum atomic E-state index is 0.192. The average Bonchev–Trinajstić information content (AvgIpc) is 3.21. The fourth-order valence-electron chi connectivity index (χ4n) is 2.53. The number of amides is 1. The molecule has 0 bridgehead atoms. The lowest BCUT2D eigenvalue weighted by atomic mass is 10.2. The fraction of sp³-hybridized carbons (Fsp3) is 0.714. The molecule has 0 atom stereocenters. The van der Waals surface area contributed by atoms with Crippen molar-refractivity contribution < 1.29 is 4.79 Å². The fourth-order valence-corrected chi connectivity index (χ4v) is 3.74. The van der Waals surface area contributed by atoms with E-state index < -0.39 is 0 Å². The largest absolute Gasteiger partial charge is 0.335 e. The lowest BCUT2D eigenvalue weighted by Crippen LogP contribution is -2.48. The van der Waals surface area contributed by atoms with E-state index in [1.165, 1.54) is 17.8 Å². The van der Waals surface area contributed by atoms with Crippen LogP contribution in [-0.2, 0) is 0 Å². The van der Waals surface area contributed by atoms with Crippen LogP contribution in [0.5, 0.6) is 0 Å². The molecule has 1 saturated heterocycles. The minimum absolute atomic E-state index is 0.192. The number of aryl methyl sites for hydroxylation is 1. The van der Waals surface area contributed by atoms with E-state index in [4.69, 9.17) is 0 Å². The molecular formula is C14H21N3OS. The second-order valence-electron chi connectivity index (χ2n) is 5.47. The van der Waals surface area contributed by atoms with Crippen LogP contribution >= 0.6 is 11.3 Å². The van der Waals surface area contributed by atoms with Crippen molar-refractivity contribution >= 4 is 17.2 Å². The third kappa shape index (κ3) is 2.67. The molecule has 2 fully saturated rings. The molecule has 1 aromatic heterocycles. The molecule has 2 heterocycles. The van der Waals surface area contributed by atoms with Crippen molar-refractivity contribution in [3.63, 3.8) is 0 Å². The molecule has 4 nitrogen and oxygen atoms in total. The van der Waals surface area contributed by atoms with Gasteiger partial charge in [0, 0.05) is 32.1 Å². The van der Waals surface area contributed by atoms with Gasteiger partial charge in [-0.1, -0.05) is 6.92 Å². The second-order valence-corrected chi connectivity index (χ2v) is 6.50. The van der Waals surface area contributed by atoms with Gasteiger partial charge in [0.15, 0.2) is 0 Å². The van der Waals surface area contributed by atoms with Gasteiger partial charge in [0.2, 0.25) is 0 Å².